The molecule has 142 valence electrons. The van der Waals surface area contributed by atoms with E-state index >= 15 is 0 Å². The number of aromatic amines is 1. The fourth-order valence-corrected chi connectivity index (χ4v) is 3.95. The molecule has 0 bridgehead atoms. The zero-order valence-corrected chi connectivity index (χ0v) is 15.8. The van der Waals surface area contributed by atoms with Crippen LogP contribution >= 0.6 is 0 Å². The van der Waals surface area contributed by atoms with Gasteiger partial charge in [0.1, 0.15) is 0 Å². The number of carbonyl (C=O) groups excluding carboxylic acids is 1. The number of amides is 1. The van der Waals surface area contributed by atoms with Crippen molar-refractivity contribution in [3.8, 4) is 11.4 Å². The van der Waals surface area contributed by atoms with Crippen LogP contribution in [0.4, 0.5) is 0 Å². The van der Waals surface area contributed by atoms with E-state index in [1.165, 1.54) is 0 Å². The number of H-pyrrole nitrogens is 1. The molecule has 1 saturated carbocycles. The van der Waals surface area contributed by atoms with Crippen molar-refractivity contribution in [3.05, 3.63) is 58.9 Å². The van der Waals surface area contributed by atoms with Gasteiger partial charge in [0, 0.05) is 47.0 Å². The molecule has 0 aromatic carbocycles. The lowest BCUT2D eigenvalue weighted by Crippen LogP contribution is -2.32. The number of hydrogen-bond donors (Lipinski definition) is 2. The highest BCUT2D eigenvalue weighted by molar-refractivity contribution is 5.97. The van der Waals surface area contributed by atoms with Crippen molar-refractivity contribution >= 4 is 5.91 Å². The Morgan fingerprint density at radius 2 is 2.14 bits per heavy atom. The Labute approximate surface area is 163 Å². The maximum Gasteiger partial charge on any atom is 0.255 e. The van der Waals surface area contributed by atoms with E-state index in [2.05, 4.69) is 25.5 Å². The standard InChI is InChI=1S/C21H22N6O/c1-12-18(19(27-26-12)13-7-8-13)21(28)25-17-6-2-5-16-15(17)11-23-20(24-16)14-4-3-9-22-10-14/h3-4,9-11,13,17H,2,5-8H2,1H3,(H,25,28)(H,26,27)/t17-/m1/s1. The summed E-state index contributed by atoms with van der Waals surface area (Å²) in [7, 11) is 0. The van der Waals surface area contributed by atoms with Gasteiger partial charge in [-0.2, -0.15) is 5.10 Å². The van der Waals surface area contributed by atoms with Gasteiger partial charge in [-0.3, -0.25) is 14.9 Å². The van der Waals surface area contributed by atoms with Crippen molar-refractivity contribution in [1.29, 1.82) is 0 Å². The molecule has 7 nitrogen and oxygen atoms in total. The normalized spacial score (nSPS) is 18.5. The molecule has 0 spiro atoms. The number of carbonyl (C=O) groups is 1. The largest absolute Gasteiger partial charge is 0.345 e. The summed E-state index contributed by atoms with van der Waals surface area (Å²) in [6.45, 7) is 1.91. The SMILES string of the molecule is Cc1[nH]nc(C2CC2)c1C(=O)N[C@@H]1CCCc2nc(-c3cccnc3)ncc21. The van der Waals surface area contributed by atoms with Gasteiger partial charge < -0.3 is 5.32 Å². The molecule has 0 saturated heterocycles. The number of pyridine rings is 1. The maximum absolute atomic E-state index is 13.0. The number of nitrogens with zero attached hydrogens (tertiary/aromatic N) is 4. The molecule has 1 amide bonds. The van der Waals surface area contributed by atoms with Crippen molar-refractivity contribution in [2.75, 3.05) is 0 Å². The molecular formula is C21H22N6O. The average molecular weight is 374 g/mol. The highest BCUT2D eigenvalue weighted by atomic mass is 16.1. The predicted octanol–water partition coefficient (Wildman–Crippen LogP) is 3.25. The van der Waals surface area contributed by atoms with Gasteiger partial charge >= 0.3 is 0 Å². The number of nitrogens with one attached hydrogen (secondary N) is 2. The third-order valence-corrected chi connectivity index (χ3v) is 5.57. The molecule has 5 rings (SSSR count). The first-order chi connectivity index (χ1) is 13.7. The first kappa shape index (κ1) is 17.0. The summed E-state index contributed by atoms with van der Waals surface area (Å²) >= 11 is 0. The Balaban J connectivity index is 1.41. The fourth-order valence-electron chi connectivity index (χ4n) is 3.95. The Bertz CT molecular complexity index is 1020. The minimum atomic E-state index is -0.0689. The second-order valence-corrected chi connectivity index (χ2v) is 7.64. The summed E-state index contributed by atoms with van der Waals surface area (Å²) in [5, 5.41) is 10.6. The lowest BCUT2D eigenvalue weighted by atomic mass is 9.92. The van der Waals surface area contributed by atoms with Gasteiger partial charge in [0.25, 0.3) is 5.91 Å². The van der Waals surface area contributed by atoms with Gasteiger partial charge in [-0.05, 0) is 51.2 Å². The van der Waals surface area contributed by atoms with E-state index in [-0.39, 0.29) is 11.9 Å². The van der Waals surface area contributed by atoms with Gasteiger partial charge in [0.2, 0.25) is 0 Å². The van der Waals surface area contributed by atoms with E-state index in [1.807, 2.05) is 25.3 Å². The maximum atomic E-state index is 13.0. The topological polar surface area (TPSA) is 96.5 Å². The molecule has 7 heteroatoms. The summed E-state index contributed by atoms with van der Waals surface area (Å²) < 4.78 is 0. The van der Waals surface area contributed by atoms with Crippen LogP contribution in [0.15, 0.2) is 30.7 Å². The Hall–Kier alpha value is -3.09. The van der Waals surface area contributed by atoms with Crippen LogP contribution in [-0.4, -0.2) is 31.1 Å². The van der Waals surface area contributed by atoms with Gasteiger partial charge in [0.05, 0.1) is 17.3 Å². The third-order valence-electron chi connectivity index (χ3n) is 5.57. The monoisotopic (exact) mass is 374 g/mol. The molecule has 1 fully saturated rings. The molecule has 3 aromatic rings. The Morgan fingerprint density at radius 1 is 1.25 bits per heavy atom. The Morgan fingerprint density at radius 3 is 2.93 bits per heavy atom. The lowest BCUT2D eigenvalue weighted by molar-refractivity contribution is 0.0931. The Kier molecular flexibility index (Phi) is 4.15. The number of aromatic nitrogens is 5. The van der Waals surface area contributed by atoms with Crippen molar-refractivity contribution < 1.29 is 4.79 Å². The van der Waals surface area contributed by atoms with Crippen LogP contribution in [0.25, 0.3) is 11.4 Å². The predicted molar refractivity (Wildman–Crippen MR) is 104 cm³/mol. The molecular weight excluding hydrogens is 352 g/mol. The van der Waals surface area contributed by atoms with Crippen molar-refractivity contribution in [2.24, 2.45) is 0 Å². The molecule has 0 radical (unpaired) electrons. The van der Waals surface area contributed by atoms with Crippen molar-refractivity contribution in [1.82, 2.24) is 30.5 Å². The zero-order chi connectivity index (χ0) is 19.1. The van der Waals surface area contributed by atoms with E-state index < -0.39 is 0 Å². The number of fused-ring (bicyclic) bond motifs is 1. The number of aryl methyl sites for hydroxylation is 2. The summed E-state index contributed by atoms with van der Waals surface area (Å²) in [5.41, 5.74) is 5.38. The number of hydrogen-bond acceptors (Lipinski definition) is 5. The fraction of sp³-hybridized carbons (Fsp3) is 0.381. The van der Waals surface area contributed by atoms with Gasteiger partial charge in [0.15, 0.2) is 5.82 Å². The molecule has 2 N–H and O–H groups in total. The van der Waals surface area contributed by atoms with E-state index in [4.69, 9.17) is 4.98 Å². The van der Waals surface area contributed by atoms with E-state index in [9.17, 15) is 4.79 Å². The van der Waals surface area contributed by atoms with E-state index in [0.717, 1.165) is 60.3 Å². The van der Waals surface area contributed by atoms with Crippen molar-refractivity contribution in [2.45, 2.75) is 51.0 Å². The van der Waals surface area contributed by atoms with Crippen LogP contribution in [-0.2, 0) is 6.42 Å². The molecule has 0 unspecified atom stereocenters. The van der Waals surface area contributed by atoms with E-state index in [1.54, 1.807) is 12.4 Å². The van der Waals surface area contributed by atoms with Gasteiger partial charge in [-0.25, -0.2) is 9.97 Å². The molecule has 3 heterocycles. The van der Waals surface area contributed by atoms with Crippen molar-refractivity contribution in [3.63, 3.8) is 0 Å². The number of rotatable bonds is 4. The quantitative estimate of drug-likeness (QED) is 0.731. The summed E-state index contributed by atoms with van der Waals surface area (Å²) in [6, 6.07) is 3.77. The summed E-state index contributed by atoms with van der Waals surface area (Å²) in [5.74, 6) is 1.05. The van der Waals surface area contributed by atoms with Crippen LogP contribution in [0.2, 0.25) is 0 Å². The molecule has 2 aliphatic rings. The van der Waals surface area contributed by atoms with Crippen LogP contribution in [0.5, 0.6) is 0 Å². The van der Waals surface area contributed by atoms with Crippen LogP contribution < -0.4 is 5.32 Å². The highest BCUT2D eigenvalue weighted by Gasteiger charge is 2.33. The minimum absolute atomic E-state index is 0.0534. The summed E-state index contributed by atoms with van der Waals surface area (Å²) in [4.78, 5) is 26.5. The third kappa shape index (κ3) is 3.06. The minimum Gasteiger partial charge on any atom is -0.345 e. The molecule has 0 aliphatic heterocycles. The molecule has 3 aromatic heterocycles. The molecule has 1 atom stereocenters. The molecule has 2 aliphatic carbocycles. The van der Waals surface area contributed by atoms with Crippen LogP contribution in [0.1, 0.15) is 70.6 Å². The summed E-state index contributed by atoms with van der Waals surface area (Å²) in [6.07, 6.45) is 10.4. The second-order valence-electron chi connectivity index (χ2n) is 7.64. The van der Waals surface area contributed by atoms with Crippen LogP contribution in [0.3, 0.4) is 0 Å². The smallest absolute Gasteiger partial charge is 0.255 e. The first-order valence-electron chi connectivity index (χ1n) is 9.82. The zero-order valence-electron chi connectivity index (χ0n) is 15.8. The van der Waals surface area contributed by atoms with Gasteiger partial charge in [-0.1, -0.05) is 0 Å². The second kappa shape index (κ2) is 6.82. The lowest BCUT2D eigenvalue weighted by Gasteiger charge is -2.25. The molecule has 28 heavy (non-hydrogen) atoms. The van der Waals surface area contributed by atoms with Crippen LogP contribution in [0, 0.1) is 6.92 Å². The average Bonchev–Trinajstić information content (AvgIpc) is 3.50. The highest BCUT2D eigenvalue weighted by Crippen LogP contribution is 2.41. The van der Waals surface area contributed by atoms with E-state index in [0.29, 0.717) is 17.3 Å². The van der Waals surface area contributed by atoms with Gasteiger partial charge in [-0.15, -0.1) is 0 Å². The first-order valence-corrected chi connectivity index (χ1v) is 9.82.